The molecule has 1 heterocycles. The number of hydrogen-bond donors (Lipinski definition) is 2. The molecule has 0 saturated carbocycles. The fourth-order valence-electron chi connectivity index (χ4n) is 4.02. The summed E-state index contributed by atoms with van der Waals surface area (Å²) in [6, 6.07) is 26.8. The molecule has 160 valence electrons. The second kappa shape index (κ2) is 8.67. The first-order chi connectivity index (χ1) is 15.6. The van der Waals surface area contributed by atoms with Gasteiger partial charge in [-0.05, 0) is 90.4 Å². The van der Waals surface area contributed by atoms with Crippen LogP contribution in [-0.2, 0) is 25.7 Å². The quantitative estimate of drug-likeness (QED) is 0.335. The van der Waals surface area contributed by atoms with Crippen LogP contribution in [0.5, 0.6) is 34.5 Å². The molecule has 4 aromatic carbocycles. The molecule has 1 aliphatic rings. The standard InChI is InChI=1S/C28H24O4/c29-25-15-13-21-11-10-19-4-2-8-24(17-19)32-28-22(6-3-9-26(28)30)14-12-20-5-1-7-23(16-20)31-27(25)18-21/h1-9,13,15-18,29-30H,10-12,14H2. The molecule has 32 heavy (non-hydrogen) atoms. The maximum absolute atomic E-state index is 10.5. The third-order valence-corrected chi connectivity index (χ3v) is 5.73. The normalized spacial score (nSPS) is 13.2. The van der Waals surface area contributed by atoms with Gasteiger partial charge in [-0.3, -0.25) is 0 Å². The van der Waals surface area contributed by atoms with E-state index in [0.29, 0.717) is 29.4 Å². The van der Waals surface area contributed by atoms with Crippen LogP contribution in [0.25, 0.3) is 0 Å². The molecule has 0 spiro atoms. The van der Waals surface area contributed by atoms with E-state index in [4.69, 9.17) is 9.47 Å². The summed E-state index contributed by atoms with van der Waals surface area (Å²) in [5.74, 6) is 2.59. The Hall–Kier alpha value is -3.92. The zero-order valence-corrected chi connectivity index (χ0v) is 17.6. The first kappa shape index (κ1) is 20.0. The second-order valence-electron chi connectivity index (χ2n) is 8.07. The minimum Gasteiger partial charge on any atom is -0.504 e. The highest BCUT2D eigenvalue weighted by atomic mass is 16.5. The van der Waals surface area contributed by atoms with Crippen LogP contribution in [0.3, 0.4) is 0 Å². The van der Waals surface area contributed by atoms with Crippen LogP contribution in [0.15, 0.2) is 84.9 Å². The summed E-state index contributed by atoms with van der Waals surface area (Å²) < 4.78 is 12.2. The van der Waals surface area contributed by atoms with Crippen molar-refractivity contribution in [3.63, 3.8) is 0 Å². The minimum atomic E-state index is 0.122. The predicted octanol–water partition coefficient (Wildman–Crippen LogP) is 6.57. The van der Waals surface area contributed by atoms with Crippen molar-refractivity contribution in [2.75, 3.05) is 0 Å². The number of aromatic hydroxyl groups is 2. The monoisotopic (exact) mass is 424 g/mol. The molecule has 0 fully saturated rings. The predicted molar refractivity (Wildman–Crippen MR) is 124 cm³/mol. The van der Waals surface area contributed by atoms with Crippen molar-refractivity contribution in [3.05, 3.63) is 107 Å². The van der Waals surface area contributed by atoms with Gasteiger partial charge in [0, 0.05) is 0 Å². The summed E-state index contributed by atoms with van der Waals surface area (Å²) in [4.78, 5) is 0. The van der Waals surface area contributed by atoms with Crippen LogP contribution in [0.2, 0.25) is 0 Å². The average Bonchev–Trinajstić information content (AvgIpc) is 2.80. The van der Waals surface area contributed by atoms with E-state index in [1.54, 1.807) is 12.1 Å². The highest BCUT2D eigenvalue weighted by Gasteiger charge is 2.13. The smallest absolute Gasteiger partial charge is 0.172 e. The fraction of sp³-hybridized carbons (Fsp3) is 0.143. The van der Waals surface area contributed by atoms with Gasteiger partial charge in [0.05, 0.1) is 0 Å². The van der Waals surface area contributed by atoms with Gasteiger partial charge >= 0.3 is 0 Å². The maximum atomic E-state index is 10.5. The highest BCUT2D eigenvalue weighted by molar-refractivity contribution is 5.49. The molecule has 0 saturated heterocycles. The number of fused-ring (bicyclic) bond motifs is 7. The minimum absolute atomic E-state index is 0.122. The molecule has 0 aromatic heterocycles. The van der Waals surface area contributed by atoms with Crippen LogP contribution in [0.4, 0.5) is 0 Å². The molecule has 0 unspecified atom stereocenters. The van der Waals surface area contributed by atoms with E-state index < -0.39 is 0 Å². The number of hydrogen-bond acceptors (Lipinski definition) is 4. The third-order valence-electron chi connectivity index (χ3n) is 5.73. The summed E-state index contributed by atoms with van der Waals surface area (Å²) in [6.07, 6.45) is 3.06. The van der Waals surface area contributed by atoms with Crippen molar-refractivity contribution in [1.29, 1.82) is 0 Å². The summed E-state index contributed by atoms with van der Waals surface area (Å²) >= 11 is 0. The fourth-order valence-corrected chi connectivity index (χ4v) is 4.02. The Morgan fingerprint density at radius 1 is 0.531 bits per heavy atom. The zero-order valence-electron chi connectivity index (χ0n) is 17.6. The van der Waals surface area contributed by atoms with Crippen LogP contribution >= 0.6 is 0 Å². The number of rotatable bonds is 0. The van der Waals surface area contributed by atoms with Crippen LogP contribution in [0, 0.1) is 0 Å². The summed E-state index contributed by atoms with van der Waals surface area (Å²) in [7, 11) is 0. The molecule has 0 radical (unpaired) electrons. The van der Waals surface area contributed by atoms with E-state index in [9.17, 15) is 10.2 Å². The first-order valence-corrected chi connectivity index (χ1v) is 10.8. The van der Waals surface area contributed by atoms with E-state index >= 15 is 0 Å². The van der Waals surface area contributed by atoms with Gasteiger partial charge in [0.1, 0.15) is 11.5 Å². The highest BCUT2D eigenvalue weighted by Crippen LogP contribution is 2.36. The van der Waals surface area contributed by atoms with Gasteiger partial charge < -0.3 is 19.7 Å². The van der Waals surface area contributed by atoms with Crippen molar-refractivity contribution in [3.8, 4) is 34.5 Å². The van der Waals surface area contributed by atoms with E-state index in [0.717, 1.165) is 41.5 Å². The Morgan fingerprint density at radius 2 is 1.16 bits per heavy atom. The molecule has 6 bridgehead atoms. The lowest BCUT2D eigenvalue weighted by Gasteiger charge is -2.14. The van der Waals surface area contributed by atoms with Gasteiger partial charge in [-0.2, -0.15) is 0 Å². The van der Waals surface area contributed by atoms with Gasteiger partial charge in [0.2, 0.25) is 0 Å². The third kappa shape index (κ3) is 4.40. The summed E-state index contributed by atoms with van der Waals surface area (Å²) in [5, 5.41) is 20.8. The Labute approximate surface area is 187 Å². The molecular formula is C28H24O4. The number of benzene rings is 4. The van der Waals surface area contributed by atoms with Crippen LogP contribution < -0.4 is 9.47 Å². The molecule has 2 N–H and O–H groups in total. The largest absolute Gasteiger partial charge is 0.504 e. The maximum Gasteiger partial charge on any atom is 0.172 e. The molecule has 4 aromatic rings. The second-order valence-corrected chi connectivity index (χ2v) is 8.07. The molecule has 0 aliphatic carbocycles. The Morgan fingerprint density at radius 3 is 1.91 bits per heavy atom. The van der Waals surface area contributed by atoms with E-state index in [-0.39, 0.29) is 11.5 Å². The van der Waals surface area contributed by atoms with Gasteiger partial charge in [-0.25, -0.2) is 0 Å². The van der Waals surface area contributed by atoms with Crippen molar-refractivity contribution < 1.29 is 19.7 Å². The SMILES string of the molecule is Oc1ccc2cc1Oc1cccc(c1)CCc1cccc(O)c1Oc1cccc(c1)CC2. The number of phenolic OH excluding ortho intramolecular Hbond substituents is 2. The summed E-state index contributed by atoms with van der Waals surface area (Å²) in [5.41, 5.74) is 4.24. The molecule has 0 amide bonds. The molecule has 4 heteroatoms. The van der Waals surface area contributed by atoms with Gasteiger partial charge in [0.25, 0.3) is 0 Å². The first-order valence-electron chi connectivity index (χ1n) is 10.8. The molecule has 4 nitrogen and oxygen atoms in total. The van der Waals surface area contributed by atoms with Crippen molar-refractivity contribution in [2.24, 2.45) is 0 Å². The Kier molecular flexibility index (Phi) is 5.42. The topological polar surface area (TPSA) is 58.9 Å². The lowest BCUT2D eigenvalue weighted by molar-refractivity contribution is 0.407. The number of aryl methyl sites for hydroxylation is 4. The van der Waals surface area contributed by atoms with E-state index in [2.05, 4.69) is 6.07 Å². The van der Waals surface area contributed by atoms with Gasteiger partial charge in [0.15, 0.2) is 23.0 Å². The average molecular weight is 424 g/mol. The number of ether oxygens (including phenoxy) is 2. The zero-order chi connectivity index (χ0) is 21.9. The molecule has 0 atom stereocenters. The molecule has 5 rings (SSSR count). The lowest BCUT2D eigenvalue weighted by Crippen LogP contribution is -1.97. The number of phenols is 2. The van der Waals surface area contributed by atoms with E-state index in [1.807, 2.05) is 66.7 Å². The van der Waals surface area contributed by atoms with Gasteiger partial charge in [-0.15, -0.1) is 0 Å². The molecule has 1 aliphatic heterocycles. The van der Waals surface area contributed by atoms with E-state index in [1.165, 1.54) is 0 Å². The van der Waals surface area contributed by atoms with Crippen LogP contribution in [-0.4, -0.2) is 10.2 Å². The van der Waals surface area contributed by atoms with Gasteiger partial charge in [-0.1, -0.05) is 42.5 Å². The van der Waals surface area contributed by atoms with Crippen molar-refractivity contribution in [2.45, 2.75) is 25.7 Å². The van der Waals surface area contributed by atoms with Crippen molar-refractivity contribution in [1.82, 2.24) is 0 Å². The summed E-state index contributed by atoms with van der Waals surface area (Å²) in [6.45, 7) is 0. The number of para-hydroxylation sites is 1. The van der Waals surface area contributed by atoms with Crippen LogP contribution in [0.1, 0.15) is 22.3 Å². The Balaban J connectivity index is 1.56. The Bertz CT molecular complexity index is 1260. The van der Waals surface area contributed by atoms with Crippen molar-refractivity contribution >= 4 is 0 Å². The molecular weight excluding hydrogens is 400 g/mol. The lowest BCUT2D eigenvalue weighted by atomic mass is 10.0.